The second kappa shape index (κ2) is 7.43. The van der Waals surface area contributed by atoms with Crippen LogP contribution in [0.2, 0.25) is 0 Å². The molecule has 1 saturated carbocycles. The number of amides is 1. The molecule has 1 amide bonds. The lowest BCUT2D eigenvalue weighted by atomic mass is 10.0. The zero-order chi connectivity index (χ0) is 14.4. The molecule has 0 bridgehead atoms. The van der Waals surface area contributed by atoms with Gasteiger partial charge in [-0.05, 0) is 23.8 Å². The Bertz CT molecular complexity index is 438. The van der Waals surface area contributed by atoms with Crippen LogP contribution < -0.4 is 5.32 Å². The average Bonchev–Trinajstić information content (AvgIpc) is 3.08. The third kappa shape index (κ3) is 4.63. The molecular weight excluding hydrogens is 274 g/mol. The van der Waals surface area contributed by atoms with E-state index in [2.05, 4.69) is 5.32 Å². The summed E-state index contributed by atoms with van der Waals surface area (Å²) in [7, 11) is 0. The van der Waals surface area contributed by atoms with Gasteiger partial charge in [-0.15, -0.1) is 11.3 Å². The summed E-state index contributed by atoms with van der Waals surface area (Å²) in [5.41, 5.74) is 0. The van der Waals surface area contributed by atoms with E-state index >= 15 is 0 Å². The number of carbonyl (C=O) groups excluding carboxylic acids is 1. The van der Waals surface area contributed by atoms with E-state index < -0.39 is 12.0 Å². The van der Waals surface area contributed by atoms with Crippen molar-refractivity contribution in [1.82, 2.24) is 5.32 Å². The van der Waals surface area contributed by atoms with E-state index in [0.29, 0.717) is 12.3 Å². The van der Waals surface area contributed by atoms with E-state index in [1.807, 2.05) is 17.5 Å². The van der Waals surface area contributed by atoms with Gasteiger partial charge in [0.25, 0.3) is 0 Å². The maximum Gasteiger partial charge on any atom is 0.305 e. The Balaban J connectivity index is 1.83. The predicted octanol–water partition coefficient (Wildman–Crippen LogP) is 3.35. The highest BCUT2D eigenvalue weighted by Gasteiger charge is 2.20. The van der Waals surface area contributed by atoms with Gasteiger partial charge in [-0.3, -0.25) is 9.59 Å². The molecule has 2 N–H and O–H groups in total. The van der Waals surface area contributed by atoms with Crippen LogP contribution in [0.3, 0.4) is 0 Å². The number of thiophene rings is 1. The smallest absolute Gasteiger partial charge is 0.305 e. The van der Waals surface area contributed by atoms with Crippen LogP contribution in [0.25, 0.3) is 0 Å². The van der Waals surface area contributed by atoms with E-state index in [1.165, 1.54) is 37.0 Å². The lowest BCUT2D eigenvalue weighted by molar-refractivity contribution is -0.137. The summed E-state index contributed by atoms with van der Waals surface area (Å²) in [6.07, 6.45) is 6.40. The molecule has 0 spiro atoms. The molecule has 20 heavy (non-hydrogen) atoms. The number of carbonyl (C=O) groups is 2. The lowest BCUT2D eigenvalue weighted by Crippen LogP contribution is -2.29. The fourth-order valence-corrected chi connectivity index (χ4v) is 3.57. The van der Waals surface area contributed by atoms with E-state index in [9.17, 15) is 9.59 Å². The number of hydrogen-bond acceptors (Lipinski definition) is 3. The minimum atomic E-state index is -0.889. The fraction of sp³-hybridized carbons (Fsp3) is 0.600. The molecule has 0 radical (unpaired) electrons. The zero-order valence-electron chi connectivity index (χ0n) is 11.5. The van der Waals surface area contributed by atoms with Crippen molar-refractivity contribution in [3.8, 4) is 0 Å². The Morgan fingerprint density at radius 1 is 1.40 bits per heavy atom. The van der Waals surface area contributed by atoms with Crippen LogP contribution in [0.15, 0.2) is 17.5 Å². The summed E-state index contributed by atoms with van der Waals surface area (Å²) in [4.78, 5) is 23.8. The topological polar surface area (TPSA) is 66.4 Å². The van der Waals surface area contributed by atoms with E-state index in [-0.39, 0.29) is 12.3 Å². The van der Waals surface area contributed by atoms with Crippen LogP contribution in [-0.4, -0.2) is 17.0 Å². The first-order valence-corrected chi connectivity index (χ1v) is 8.07. The largest absolute Gasteiger partial charge is 0.481 e. The molecule has 1 unspecified atom stereocenters. The van der Waals surface area contributed by atoms with Crippen molar-refractivity contribution in [2.75, 3.05) is 0 Å². The van der Waals surface area contributed by atoms with Gasteiger partial charge in [0.15, 0.2) is 0 Å². The average molecular weight is 295 g/mol. The summed E-state index contributed by atoms with van der Waals surface area (Å²) in [6.45, 7) is 0. The SMILES string of the molecule is O=C(O)CC(NC(=O)CCC1CCCC1)c1cccs1. The summed E-state index contributed by atoms with van der Waals surface area (Å²) < 4.78 is 0. The Kier molecular flexibility index (Phi) is 5.59. The molecule has 1 fully saturated rings. The number of hydrogen-bond donors (Lipinski definition) is 2. The first-order valence-electron chi connectivity index (χ1n) is 7.19. The number of carboxylic acid groups (broad SMARTS) is 1. The third-order valence-corrected chi connectivity index (χ3v) is 4.84. The highest BCUT2D eigenvalue weighted by Crippen LogP contribution is 2.29. The van der Waals surface area contributed by atoms with Gasteiger partial charge in [0.1, 0.15) is 0 Å². The van der Waals surface area contributed by atoms with Crippen LogP contribution in [-0.2, 0) is 9.59 Å². The highest BCUT2D eigenvalue weighted by atomic mass is 32.1. The number of rotatable bonds is 7. The van der Waals surface area contributed by atoms with E-state index in [1.54, 1.807) is 0 Å². The minimum absolute atomic E-state index is 0.0310. The highest BCUT2D eigenvalue weighted by molar-refractivity contribution is 7.10. The van der Waals surface area contributed by atoms with Gasteiger partial charge in [-0.25, -0.2) is 0 Å². The first-order chi connectivity index (χ1) is 9.65. The van der Waals surface area contributed by atoms with Crippen molar-refractivity contribution >= 4 is 23.2 Å². The standard InChI is InChI=1S/C15H21NO3S/c17-14(8-7-11-4-1-2-5-11)16-12(10-15(18)19)13-6-3-9-20-13/h3,6,9,11-12H,1-2,4-5,7-8,10H2,(H,16,17)(H,18,19). The maximum atomic E-state index is 12.0. The Labute approximate surface area is 123 Å². The second-order valence-electron chi connectivity index (χ2n) is 5.42. The van der Waals surface area contributed by atoms with Crippen molar-refractivity contribution in [2.45, 2.75) is 51.0 Å². The summed E-state index contributed by atoms with van der Waals surface area (Å²) >= 11 is 1.48. The van der Waals surface area contributed by atoms with Crippen molar-refractivity contribution in [3.05, 3.63) is 22.4 Å². The quantitative estimate of drug-likeness (QED) is 0.810. The minimum Gasteiger partial charge on any atom is -0.481 e. The monoisotopic (exact) mass is 295 g/mol. The van der Waals surface area contributed by atoms with Gasteiger partial charge in [0, 0.05) is 11.3 Å². The first kappa shape index (κ1) is 15.0. The molecule has 110 valence electrons. The molecule has 4 nitrogen and oxygen atoms in total. The molecule has 1 atom stereocenters. The van der Waals surface area contributed by atoms with Crippen LogP contribution in [0, 0.1) is 5.92 Å². The fourth-order valence-electron chi connectivity index (χ4n) is 2.79. The normalized spacial score (nSPS) is 17.0. The number of aliphatic carboxylic acids is 1. The molecule has 0 saturated heterocycles. The van der Waals surface area contributed by atoms with Gasteiger partial charge in [0.05, 0.1) is 12.5 Å². The van der Waals surface area contributed by atoms with Crippen LogP contribution >= 0.6 is 11.3 Å². The third-order valence-electron chi connectivity index (χ3n) is 3.85. The Morgan fingerprint density at radius 2 is 2.15 bits per heavy atom. The molecule has 2 rings (SSSR count). The molecule has 1 aliphatic carbocycles. The van der Waals surface area contributed by atoms with Crippen molar-refractivity contribution in [3.63, 3.8) is 0 Å². The molecule has 5 heteroatoms. The van der Waals surface area contributed by atoms with Crippen molar-refractivity contribution in [2.24, 2.45) is 5.92 Å². The maximum absolute atomic E-state index is 12.0. The van der Waals surface area contributed by atoms with Gasteiger partial charge in [0.2, 0.25) is 5.91 Å². The molecule has 1 heterocycles. The molecule has 0 aliphatic heterocycles. The molecule has 1 aromatic heterocycles. The molecular formula is C15H21NO3S. The Hall–Kier alpha value is -1.36. The second-order valence-corrected chi connectivity index (χ2v) is 6.40. The summed E-state index contributed by atoms with van der Waals surface area (Å²) in [5, 5.41) is 13.7. The van der Waals surface area contributed by atoms with E-state index in [0.717, 1.165) is 11.3 Å². The summed E-state index contributed by atoms with van der Waals surface area (Å²) in [5.74, 6) is -0.239. The van der Waals surface area contributed by atoms with Crippen molar-refractivity contribution in [1.29, 1.82) is 0 Å². The number of carboxylic acids is 1. The molecule has 0 aromatic carbocycles. The van der Waals surface area contributed by atoms with Gasteiger partial charge >= 0.3 is 5.97 Å². The lowest BCUT2D eigenvalue weighted by Gasteiger charge is -2.16. The van der Waals surface area contributed by atoms with Crippen molar-refractivity contribution < 1.29 is 14.7 Å². The molecule has 1 aromatic rings. The zero-order valence-corrected chi connectivity index (χ0v) is 12.3. The van der Waals surface area contributed by atoms with Gasteiger partial charge in [-0.1, -0.05) is 31.7 Å². The Morgan fingerprint density at radius 3 is 2.75 bits per heavy atom. The van der Waals surface area contributed by atoms with Crippen LogP contribution in [0.1, 0.15) is 55.9 Å². The van der Waals surface area contributed by atoms with Gasteiger partial charge in [-0.2, -0.15) is 0 Å². The van der Waals surface area contributed by atoms with Gasteiger partial charge < -0.3 is 10.4 Å². The van der Waals surface area contributed by atoms with Crippen LogP contribution in [0.4, 0.5) is 0 Å². The predicted molar refractivity (Wildman–Crippen MR) is 78.6 cm³/mol. The van der Waals surface area contributed by atoms with Crippen LogP contribution in [0.5, 0.6) is 0 Å². The number of nitrogens with one attached hydrogen (secondary N) is 1. The summed E-state index contributed by atoms with van der Waals surface area (Å²) in [6, 6.07) is 3.35. The molecule has 1 aliphatic rings. The van der Waals surface area contributed by atoms with E-state index in [4.69, 9.17) is 5.11 Å².